The zero-order chi connectivity index (χ0) is 20.8. The van der Waals surface area contributed by atoms with Crippen LogP contribution in [0.2, 0.25) is 5.02 Å². The van der Waals surface area contributed by atoms with Gasteiger partial charge in [-0.2, -0.15) is 0 Å². The Morgan fingerprint density at radius 1 is 1.14 bits per heavy atom. The van der Waals surface area contributed by atoms with Crippen molar-refractivity contribution in [3.63, 3.8) is 0 Å². The second-order valence-corrected chi connectivity index (χ2v) is 7.79. The Labute approximate surface area is 178 Å². The molecule has 1 N–H and O–H groups in total. The van der Waals surface area contributed by atoms with Crippen LogP contribution in [0.4, 0.5) is 0 Å². The standard InChI is InChI=1S/C22H30ClN3O3/c1-16-5-4-6-18(24-16)14-26-11-10-25(15-19(26)9-12-27)13-17-7-8-20(28-2)22(29-3)21(17)23/h4-8,19,27H,9-15H2,1-3H3. The number of hydrogen-bond acceptors (Lipinski definition) is 6. The number of hydrogen-bond donors (Lipinski definition) is 1. The number of halogens is 1. The lowest BCUT2D eigenvalue weighted by atomic mass is 10.1. The molecule has 29 heavy (non-hydrogen) atoms. The molecule has 0 amide bonds. The van der Waals surface area contributed by atoms with E-state index in [1.54, 1.807) is 14.2 Å². The van der Waals surface area contributed by atoms with Crippen LogP contribution < -0.4 is 9.47 Å². The first-order valence-electron chi connectivity index (χ1n) is 9.94. The Hall–Kier alpha value is -1.86. The maximum Gasteiger partial charge on any atom is 0.179 e. The zero-order valence-electron chi connectivity index (χ0n) is 17.4. The van der Waals surface area contributed by atoms with Gasteiger partial charge in [0.15, 0.2) is 11.5 Å². The molecule has 158 valence electrons. The monoisotopic (exact) mass is 419 g/mol. The Bertz CT molecular complexity index is 818. The Morgan fingerprint density at radius 3 is 2.66 bits per heavy atom. The topological polar surface area (TPSA) is 58.1 Å². The number of ether oxygens (including phenoxy) is 2. The Morgan fingerprint density at radius 2 is 1.97 bits per heavy atom. The van der Waals surface area contributed by atoms with Gasteiger partial charge < -0.3 is 14.6 Å². The van der Waals surface area contributed by atoms with Crippen molar-refractivity contribution in [3.8, 4) is 11.5 Å². The molecule has 0 bridgehead atoms. The summed E-state index contributed by atoms with van der Waals surface area (Å²) in [6.07, 6.45) is 0.738. The minimum atomic E-state index is 0.174. The second kappa shape index (κ2) is 10.3. The average Bonchev–Trinajstić information content (AvgIpc) is 2.71. The van der Waals surface area contributed by atoms with Crippen LogP contribution >= 0.6 is 11.6 Å². The fourth-order valence-corrected chi connectivity index (χ4v) is 4.21. The molecule has 1 aliphatic rings. The molecule has 3 rings (SSSR count). The van der Waals surface area contributed by atoms with Gasteiger partial charge in [0, 0.05) is 51.1 Å². The van der Waals surface area contributed by atoms with Crippen molar-refractivity contribution in [2.75, 3.05) is 40.5 Å². The van der Waals surface area contributed by atoms with Gasteiger partial charge >= 0.3 is 0 Å². The van der Waals surface area contributed by atoms with Crippen LogP contribution in [-0.4, -0.2) is 66.4 Å². The van der Waals surface area contributed by atoms with Gasteiger partial charge in [0.1, 0.15) is 0 Å². The summed E-state index contributed by atoms with van der Waals surface area (Å²) < 4.78 is 10.8. The number of aromatic nitrogens is 1. The molecule has 2 heterocycles. The van der Waals surface area contributed by atoms with Crippen LogP contribution in [0.3, 0.4) is 0 Å². The predicted octanol–water partition coefficient (Wildman–Crippen LogP) is 3.13. The summed E-state index contributed by atoms with van der Waals surface area (Å²) in [4.78, 5) is 9.44. The lowest BCUT2D eigenvalue weighted by Crippen LogP contribution is -2.52. The van der Waals surface area contributed by atoms with E-state index in [9.17, 15) is 5.11 Å². The summed E-state index contributed by atoms with van der Waals surface area (Å²) >= 11 is 6.57. The highest BCUT2D eigenvalue weighted by Gasteiger charge is 2.27. The molecular weight excluding hydrogens is 390 g/mol. The molecule has 1 aliphatic heterocycles. The molecule has 0 spiro atoms. The smallest absolute Gasteiger partial charge is 0.179 e. The summed E-state index contributed by atoms with van der Waals surface area (Å²) in [6.45, 7) is 6.45. The number of rotatable bonds is 8. The molecule has 1 saturated heterocycles. The van der Waals surface area contributed by atoms with Crippen LogP contribution in [0.5, 0.6) is 11.5 Å². The molecule has 6 nitrogen and oxygen atoms in total. The van der Waals surface area contributed by atoms with Crippen LogP contribution in [0, 0.1) is 6.92 Å². The summed E-state index contributed by atoms with van der Waals surface area (Å²) in [5, 5.41) is 10.2. The van der Waals surface area contributed by atoms with Crippen LogP contribution in [0.25, 0.3) is 0 Å². The number of aryl methyl sites for hydroxylation is 1. The highest BCUT2D eigenvalue weighted by atomic mass is 35.5. The van der Waals surface area contributed by atoms with E-state index in [2.05, 4.69) is 20.9 Å². The lowest BCUT2D eigenvalue weighted by Gasteiger charge is -2.41. The number of piperazine rings is 1. The van der Waals surface area contributed by atoms with Gasteiger partial charge in [-0.05, 0) is 37.1 Å². The molecule has 0 radical (unpaired) electrons. The van der Waals surface area contributed by atoms with Gasteiger partial charge in [0.25, 0.3) is 0 Å². The third kappa shape index (κ3) is 5.39. The van der Waals surface area contributed by atoms with Crippen molar-refractivity contribution < 1.29 is 14.6 Å². The number of nitrogens with zero attached hydrogens (tertiary/aromatic N) is 3. The Balaban J connectivity index is 1.69. The van der Waals surface area contributed by atoms with Crippen molar-refractivity contribution in [1.82, 2.24) is 14.8 Å². The highest BCUT2D eigenvalue weighted by molar-refractivity contribution is 6.33. The van der Waals surface area contributed by atoms with Crippen molar-refractivity contribution in [2.24, 2.45) is 0 Å². The molecular formula is C22H30ClN3O3. The molecule has 2 aromatic rings. The van der Waals surface area contributed by atoms with Gasteiger partial charge in [-0.3, -0.25) is 14.8 Å². The summed E-state index contributed by atoms with van der Waals surface area (Å²) in [5.41, 5.74) is 3.12. The van der Waals surface area contributed by atoms with E-state index >= 15 is 0 Å². The molecule has 0 aliphatic carbocycles. The molecule has 1 aromatic carbocycles. The quantitative estimate of drug-likeness (QED) is 0.709. The first-order chi connectivity index (χ1) is 14.0. The molecule has 0 saturated carbocycles. The van der Waals surface area contributed by atoms with Crippen molar-refractivity contribution in [2.45, 2.75) is 32.5 Å². The minimum Gasteiger partial charge on any atom is -0.493 e. The van der Waals surface area contributed by atoms with Gasteiger partial charge in [-0.1, -0.05) is 23.7 Å². The Kier molecular flexibility index (Phi) is 7.72. The van der Waals surface area contributed by atoms with E-state index in [0.717, 1.165) is 56.1 Å². The third-order valence-electron chi connectivity index (χ3n) is 5.42. The van der Waals surface area contributed by atoms with Gasteiger partial charge in [-0.15, -0.1) is 0 Å². The molecule has 1 atom stereocenters. The van der Waals surface area contributed by atoms with Crippen LogP contribution in [-0.2, 0) is 13.1 Å². The minimum absolute atomic E-state index is 0.174. The van der Waals surface area contributed by atoms with E-state index in [0.29, 0.717) is 16.5 Å². The predicted molar refractivity (Wildman–Crippen MR) is 115 cm³/mol. The van der Waals surface area contributed by atoms with Crippen molar-refractivity contribution in [3.05, 3.63) is 52.3 Å². The van der Waals surface area contributed by atoms with Gasteiger partial charge in [0.05, 0.1) is 24.9 Å². The largest absolute Gasteiger partial charge is 0.493 e. The SMILES string of the molecule is COc1ccc(CN2CCN(Cc3cccc(C)n3)C(CCO)C2)c(Cl)c1OC. The number of aliphatic hydroxyl groups excluding tert-OH is 1. The van der Waals surface area contributed by atoms with Gasteiger partial charge in [-0.25, -0.2) is 0 Å². The third-order valence-corrected chi connectivity index (χ3v) is 5.84. The van der Waals surface area contributed by atoms with Crippen molar-refractivity contribution in [1.29, 1.82) is 0 Å². The number of aliphatic hydroxyl groups is 1. The number of benzene rings is 1. The number of pyridine rings is 1. The number of methoxy groups -OCH3 is 2. The lowest BCUT2D eigenvalue weighted by molar-refractivity contribution is 0.0491. The maximum atomic E-state index is 9.58. The first-order valence-corrected chi connectivity index (χ1v) is 10.3. The first kappa shape index (κ1) is 21.8. The van der Waals surface area contributed by atoms with Crippen molar-refractivity contribution >= 4 is 11.6 Å². The molecule has 7 heteroatoms. The summed E-state index contributed by atoms with van der Waals surface area (Å²) in [5.74, 6) is 1.21. The van der Waals surface area contributed by atoms with E-state index in [1.807, 2.05) is 31.2 Å². The normalized spacial score (nSPS) is 18.0. The summed E-state index contributed by atoms with van der Waals surface area (Å²) in [7, 11) is 3.21. The van der Waals surface area contributed by atoms with Gasteiger partial charge in [0.2, 0.25) is 0 Å². The average molecular weight is 420 g/mol. The molecule has 1 aromatic heterocycles. The van der Waals surface area contributed by atoms with E-state index in [4.69, 9.17) is 21.1 Å². The zero-order valence-corrected chi connectivity index (χ0v) is 18.2. The molecule has 1 fully saturated rings. The van der Waals surface area contributed by atoms with Crippen LogP contribution in [0.1, 0.15) is 23.4 Å². The maximum absolute atomic E-state index is 9.58. The fraction of sp³-hybridized carbons (Fsp3) is 0.500. The second-order valence-electron chi connectivity index (χ2n) is 7.42. The highest BCUT2D eigenvalue weighted by Crippen LogP contribution is 2.38. The molecule has 1 unspecified atom stereocenters. The van der Waals surface area contributed by atoms with E-state index in [-0.39, 0.29) is 12.6 Å². The fourth-order valence-electron chi connectivity index (χ4n) is 3.92. The van der Waals surface area contributed by atoms with Crippen LogP contribution in [0.15, 0.2) is 30.3 Å². The van der Waals surface area contributed by atoms with E-state index < -0.39 is 0 Å². The van der Waals surface area contributed by atoms with E-state index in [1.165, 1.54) is 0 Å². The summed E-state index contributed by atoms with van der Waals surface area (Å²) in [6, 6.07) is 10.3.